The fraction of sp³-hybridized carbons (Fsp3) is 0.147. The SMILES string of the molecule is [C-]#[N+]c1cccc(-c2cn3nc(Cc4ccccn4)nc3c(N(Cc3ccc(OC)cc3)Cc3ccc(OC)cc3)n2)c1F. The number of hydrogen-bond donors (Lipinski definition) is 0. The van der Waals surface area contributed by atoms with Crippen LogP contribution in [-0.2, 0) is 19.5 Å². The zero-order valence-corrected chi connectivity index (χ0v) is 24.2. The quantitative estimate of drug-likeness (QED) is 0.166. The maximum absolute atomic E-state index is 15.5. The molecule has 0 saturated carbocycles. The lowest BCUT2D eigenvalue weighted by Crippen LogP contribution is -2.24. The zero-order valence-electron chi connectivity index (χ0n) is 24.2. The van der Waals surface area contributed by atoms with Crippen molar-refractivity contribution < 1.29 is 13.9 Å². The molecule has 0 unspecified atom stereocenters. The summed E-state index contributed by atoms with van der Waals surface area (Å²) in [7, 11) is 3.26. The topological polar surface area (TPSA) is 82.0 Å². The van der Waals surface area contributed by atoms with E-state index in [2.05, 4.69) is 14.7 Å². The maximum atomic E-state index is 15.5. The maximum Gasteiger partial charge on any atom is 0.222 e. The van der Waals surface area contributed by atoms with Gasteiger partial charge in [-0.05, 0) is 47.5 Å². The molecule has 0 radical (unpaired) electrons. The van der Waals surface area contributed by atoms with Crippen molar-refractivity contribution in [1.29, 1.82) is 0 Å². The molecule has 0 N–H and O–H groups in total. The van der Waals surface area contributed by atoms with Crippen molar-refractivity contribution in [2.24, 2.45) is 0 Å². The van der Waals surface area contributed by atoms with Gasteiger partial charge in [-0.15, -0.1) is 0 Å². The summed E-state index contributed by atoms with van der Waals surface area (Å²) in [5.41, 5.74) is 3.83. The number of aromatic nitrogens is 5. The highest BCUT2D eigenvalue weighted by Crippen LogP contribution is 2.32. The van der Waals surface area contributed by atoms with Gasteiger partial charge in [-0.3, -0.25) is 4.98 Å². The van der Waals surface area contributed by atoms with E-state index in [-0.39, 0.29) is 11.3 Å². The summed E-state index contributed by atoms with van der Waals surface area (Å²) in [5, 5.41) is 4.75. The van der Waals surface area contributed by atoms with Crippen molar-refractivity contribution in [3.8, 4) is 22.8 Å². The van der Waals surface area contributed by atoms with E-state index in [1.807, 2.05) is 66.7 Å². The molecule has 3 aromatic carbocycles. The molecular formula is C34H28FN7O2. The molecule has 6 aromatic rings. The first-order chi connectivity index (χ1) is 21.5. The van der Waals surface area contributed by atoms with Crippen LogP contribution >= 0.6 is 0 Å². The molecule has 6 rings (SSSR count). The molecule has 0 aliphatic rings. The summed E-state index contributed by atoms with van der Waals surface area (Å²) >= 11 is 0. The molecule has 3 heterocycles. The van der Waals surface area contributed by atoms with Crippen molar-refractivity contribution >= 4 is 17.2 Å². The summed E-state index contributed by atoms with van der Waals surface area (Å²) < 4.78 is 27.8. The number of ether oxygens (including phenoxy) is 2. The molecule has 0 spiro atoms. The first-order valence-corrected chi connectivity index (χ1v) is 13.9. The Morgan fingerprint density at radius 2 is 1.52 bits per heavy atom. The normalized spacial score (nSPS) is 10.9. The predicted octanol–water partition coefficient (Wildman–Crippen LogP) is 6.69. The van der Waals surface area contributed by atoms with Gasteiger partial charge in [0.2, 0.25) is 5.69 Å². The number of pyridine rings is 1. The molecule has 0 aliphatic heterocycles. The van der Waals surface area contributed by atoms with E-state index in [1.54, 1.807) is 43.3 Å². The first-order valence-electron chi connectivity index (χ1n) is 13.9. The lowest BCUT2D eigenvalue weighted by molar-refractivity contribution is 0.414. The van der Waals surface area contributed by atoms with Crippen molar-refractivity contribution in [3.05, 3.63) is 137 Å². The van der Waals surface area contributed by atoms with Crippen molar-refractivity contribution in [1.82, 2.24) is 24.6 Å². The highest BCUT2D eigenvalue weighted by molar-refractivity contribution is 5.72. The third-order valence-electron chi connectivity index (χ3n) is 7.15. The van der Waals surface area contributed by atoms with Gasteiger partial charge in [-0.25, -0.2) is 23.7 Å². The minimum Gasteiger partial charge on any atom is -0.497 e. The molecule has 9 nitrogen and oxygen atoms in total. The van der Waals surface area contributed by atoms with Gasteiger partial charge in [-0.2, -0.15) is 5.10 Å². The van der Waals surface area contributed by atoms with Crippen LogP contribution in [0.4, 0.5) is 15.9 Å². The van der Waals surface area contributed by atoms with E-state index in [9.17, 15) is 0 Å². The standard InChI is InChI=1S/C34H28FN7O2/c1-36-29-9-6-8-28(32(29)35)30-22-42-34(39-31(40-42)19-25-7-4-5-18-37-25)33(38-30)41(20-23-10-14-26(43-2)15-11-23)21-24-12-16-27(44-3)17-13-24/h4-18,22H,19-21H2,2-3H3. The van der Waals surface area contributed by atoms with Crippen LogP contribution in [0.2, 0.25) is 0 Å². The minimum atomic E-state index is -0.633. The smallest absolute Gasteiger partial charge is 0.222 e. The molecule has 3 aromatic heterocycles. The summed E-state index contributed by atoms with van der Waals surface area (Å²) in [6.45, 7) is 8.34. The van der Waals surface area contributed by atoms with Crippen molar-refractivity contribution in [2.45, 2.75) is 19.5 Å². The van der Waals surface area contributed by atoms with E-state index in [0.717, 1.165) is 28.3 Å². The fourth-order valence-electron chi connectivity index (χ4n) is 4.91. The molecule has 44 heavy (non-hydrogen) atoms. The van der Waals surface area contributed by atoms with Crippen LogP contribution in [-0.4, -0.2) is 38.8 Å². The largest absolute Gasteiger partial charge is 0.497 e. The second-order valence-electron chi connectivity index (χ2n) is 10.0. The molecule has 0 atom stereocenters. The van der Waals surface area contributed by atoms with E-state index in [1.165, 1.54) is 6.07 Å². The van der Waals surface area contributed by atoms with Crippen LogP contribution in [0.3, 0.4) is 0 Å². The molecule has 0 fully saturated rings. The lowest BCUT2D eigenvalue weighted by atomic mass is 10.1. The monoisotopic (exact) mass is 585 g/mol. The number of methoxy groups -OCH3 is 2. The molecule has 0 bridgehead atoms. The van der Waals surface area contributed by atoms with Gasteiger partial charge in [0.05, 0.1) is 39.1 Å². The fourth-order valence-corrected chi connectivity index (χ4v) is 4.91. The summed E-state index contributed by atoms with van der Waals surface area (Å²) in [4.78, 5) is 19.7. The highest BCUT2D eigenvalue weighted by Gasteiger charge is 2.21. The Morgan fingerprint density at radius 3 is 2.11 bits per heavy atom. The van der Waals surface area contributed by atoms with Crippen LogP contribution in [0.5, 0.6) is 11.5 Å². The highest BCUT2D eigenvalue weighted by atomic mass is 19.1. The number of fused-ring (bicyclic) bond motifs is 1. The molecule has 10 heteroatoms. The Morgan fingerprint density at radius 1 is 0.841 bits per heavy atom. The molecular weight excluding hydrogens is 557 g/mol. The Balaban J connectivity index is 1.51. The number of hydrogen-bond acceptors (Lipinski definition) is 7. The average Bonchev–Trinajstić information content (AvgIpc) is 3.47. The van der Waals surface area contributed by atoms with Crippen molar-refractivity contribution in [3.63, 3.8) is 0 Å². The Kier molecular flexibility index (Phi) is 8.10. The van der Waals surface area contributed by atoms with Crippen LogP contribution in [0.1, 0.15) is 22.6 Å². The van der Waals surface area contributed by atoms with Crippen LogP contribution in [0.15, 0.2) is 97.3 Å². The van der Waals surface area contributed by atoms with Crippen molar-refractivity contribution in [2.75, 3.05) is 19.1 Å². The number of halogens is 1. The molecule has 218 valence electrons. The van der Waals surface area contributed by atoms with E-state index in [4.69, 9.17) is 31.1 Å². The van der Waals surface area contributed by atoms with Crippen LogP contribution in [0, 0.1) is 12.4 Å². The third kappa shape index (κ3) is 6.03. The van der Waals surface area contributed by atoms with Gasteiger partial charge in [0.25, 0.3) is 0 Å². The Hall–Kier alpha value is -5.82. The second kappa shape index (κ2) is 12.6. The summed E-state index contributed by atoms with van der Waals surface area (Å²) in [6, 6.07) is 26.0. The Labute approximate surface area is 254 Å². The van der Waals surface area contributed by atoms with Gasteiger partial charge in [0.15, 0.2) is 17.3 Å². The second-order valence-corrected chi connectivity index (χ2v) is 10.0. The number of anilines is 1. The van der Waals surface area contributed by atoms with Gasteiger partial charge in [-0.1, -0.05) is 48.5 Å². The van der Waals surface area contributed by atoms with Gasteiger partial charge in [0, 0.05) is 30.5 Å². The Bertz CT molecular complexity index is 1890. The lowest BCUT2D eigenvalue weighted by Gasteiger charge is -2.25. The number of rotatable bonds is 10. The van der Waals surface area contributed by atoms with Crippen LogP contribution in [0.25, 0.3) is 21.7 Å². The molecule has 0 amide bonds. The molecule has 0 saturated heterocycles. The summed E-state index contributed by atoms with van der Waals surface area (Å²) in [6.07, 6.45) is 3.80. The van der Waals surface area contributed by atoms with E-state index in [0.29, 0.717) is 42.5 Å². The average molecular weight is 586 g/mol. The van der Waals surface area contributed by atoms with E-state index < -0.39 is 5.82 Å². The van der Waals surface area contributed by atoms with E-state index >= 15 is 4.39 Å². The van der Waals surface area contributed by atoms with Gasteiger partial charge in [0.1, 0.15) is 17.3 Å². The third-order valence-corrected chi connectivity index (χ3v) is 7.15. The zero-order chi connectivity index (χ0) is 30.5. The predicted molar refractivity (Wildman–Crippen MR) is 165 cm³/mol. The minimum absolute atomic E-state index is 0.0753. The molecule has 0 aliphatic carbocycles. The van der Waals surface area contributed by atoms with Crippen LogP contribution < -0.4 is 14.4 Å². The first kappa shape index (κ1) is 28.3. The van der Waals surface area contributed by atoms with Gasteiger partial charge >= 0.3 is 0 Å². The summed E-state index contributed by atoms with van der Waals surface area (Å²) in [5.74, 6) is 1.94. The van der Waals surface area contributed by atoms with Gasteiger partial charge < -0.3 is 14.4 Å². The number of nitrogens with zero attached hydrogens (tertiary/aromatic N) is 7. The number of benzene rings is 3.